The highest BCUT2D eigenvalue weighted by Gasteiger charge is 1.87. The largest absolute Gasteiger partial charge is 0.0629 e. The molecular weight excluding hydrogens is 180 g/mol. The maximum Gasteiger partial charge on any atom is 0.0629 e. The lowest BCUT2D eigenvalue weighted by Gasteiger charge is -1.95. The van der Waals surface area contributed by atoms with E-state index < -0.39 is 0 Å². The molecule has 2 aromatic rings. The minimum absolute atomic E-state index is 0.260. The first-order valence-electron chi connectivity index (χ1n) is 5.98. The number of hydrogen-bond acceptors (Lipinski definition) is 0. The average Bonchev–Trinajstić information content (AvgIpc) is 2.38. The van der Waals surface area contributed by atoms with Gasteiger partial charge in [0.1, 0.15) is 0 Å². The minimum atomic E-state index is 0.260. The average molecular weight is 196 g/mol. The molecule has 0 aromatic heterocycles. The fourth-order valence-corrected chi connectivity index (χ4v) is 1.39. The van der Waals surface area contributed by atoms with Gasteiger partial charge in [-0.3, -0.25) is 0 Å². The van der Waals surface area contributed by atoms with Crippen LogP contribution < -0.4 is 0 Å². The van der Waals surface area contributed by atoms with Gasteiger partial charge in [0.05, 0.1) is 2.74 Å². The predicted octanol–water partition coefficient (Wildman–Crippen LogP) is 4.17. The van der Waals surface area contributed by atoms with Crippen molar-refractivity contribution in [3.05, 3.63) is 71.3 Å². The van der Waals surface area contributed by atoms with Gasteiger partial charge in [0.15, 0.2) is 0 Å². The van der Waals surface area contributed by atoms with Crippen molar-refractivity contribution in [1.82, 2.24) is 0 Å². The molecular formula is C15H14. The van der Waals surface area contributed by atoms with Crippen LogP contribution >= 0.6 is 0 Å². The van der Waals surface area contributed by atoms with Gasteiger partial charge in [0.25, 0.3) is 0 Å². The highest BCUT2D eigenvalue weighted by Crippen LogP contribution is 2.09. The zero-order chi connectivity index (χ0) is 12.3. The van der Waals surface area contributed by atoms with Crippen molar-refractivity contribution in [2.24, 2.45) is 0 Å². The van der Waals surface area contributed by atoms with Crippen LogP contribution in [0.3, 0.4) is 0 Å². The van der Waals surface area contributed by atoms with Crippen LogP contribution in [0.5, 0.6) is 0 Å². The molecule has 0 heteroatoms. The molecule has 0 saturated heterocycles. The normalized spacial score (nSPS) is 13.9. The second-order valence-corrected chi connectivity index (χ2v) is 3.49. The molecule has 0 N–H and O–H groups in total. The van der Waals surface area contributed by atoms with Crippen molar-refractivity contribution in [2.75, 3.05) is 0 Å². The molecule has 0 heterocycles. The Morgan fingerprint density at radius 1 is 0.867 bits per heavy atom. The predicted molar refractivity (Wildman–Crippen MR) is 66.5 cm³/mol. The summed E-state index contributed by atoms with van der Waals surface area (Å²) >= 11 is 0. The van der Waals surface area contributed by atoms with E-state index in [9.17, 15) is 0 Å². The number of rotatable bonds is 2. The van der Waals surface area contributed by atoms with Crippen LogP contribution in [0.4, 0.5) is 0 Å². The molecule has 0 fully saturated rings. The summed E-state index contributed by atoms with van der Waals surface area (Å²) in [5, 5.41) is 0. The van der Waals surface area contributed by atoms with E-state index in [2.05, 4.69) is 0 Å². The molecule has 0 nitrogen and oxygen atoms in total. The second kappa shape index (κ2) is 4.61. The smallest absolute Gasteiger partial charge is 0.0622 e. The zero-order valence-corrected chi connectivity index (χ0v) is 8.70. The van der Waals surface area contributed by atoms with Gasteiger partial charge in [-0.25, -0.2) is 0 Å². The summed E-state index contributed by atoms with van der Waals surface area (Å²) in [6.07, 6.45) is 0. The van der Waals surface area contributed by atoms with E-state index in [0.717, 1.165) is 16.7 Å². The molecule has 74 valence electrons. The Hall–Kier alpha value is -1.82. The summed E-state index contributed by atoms with van der Waals surface area (Å²) in [6.45, 7) is 1.99. The van der Waals surface area contributed by atoms with Crippen LogP contribution in [0.15, 0.2) is 54.6 Å². The van der Waals surface area contributed by atoms with E-state index in [1.54, 1.807) is 0 Å². The SMILES string of the molecule is [2H]/C(=C(/[2H])c1cccc(C)c1)c1ccccc1. The standard InChI is InChI=1S/C15H14/c1-13-6-5-9-15(12-13)11-10-14-7-3-2-4-8-14/h2-12H,1H3/b11-10+/i10D,11D. The van der Waals surface area contributed by atoms with Gasteiger partial charge < -0.3 is 0 Å². The number of benzene rings is 2. The van der Waals surface area contributed by atoms with E-state index in [4.69, 9.17) is 2.74 Å². The monoisotopic (exact) mass is 196 g/mol. The van der Waals surface area contributed by atoms with Gasteiger partial charge in [-0.15, -0.1) is 0 Å². The van der Waals surface area contributed by atoms with Crippen LogP contribution in [-0.4, -0.2) is 0 Å². The van der Waals surface area contributed by atoms with Gasteiger partial charge in [-0.1, -0.05) is 72.3 Å². The molecule has 2 aromatic carbocycles. The molecule has 0 aliphatic carbocycles. The summed E-state index contributed by atoms with van der Waals surface area (Å²) in [4.78, 5) is 0. The van der Waals surface area contributed by atoms with Crippen LogP contribution in [0.2, 0.25) is 0 Å². The van der Waals surface area contributed by atoms with E-state index in [-0.39, 0.29) is 12.1 Å². The minimum Gasteiger partial charge on any atom is -0.0622 e. The Balaban J connectivity index is 2.45. The van der Waals surface area contributed by atoms with Crippen molar-refractivity contribution in [1.29, 1.82) is 0 Å². The number of hydrogen-bond donors (Lipinski definition) is 0. The molecule has 0 atom stereocenters. The molecule has 0 aliphatic heterocycles. The lowest BCUT2D eigenvalue weighted by atomic mass is 10.1. The highest BCUT2D eigenvalue weighted by molar-refractivity contribution is 5.69. The van der Waals surface area contributed by atoms with Crippen molar-refractivity contribution in [2.45, 2.75) is 6.92 Å². The Bertz CT molecular complexity index is 542. The molecule has 0 saturated carbocycles. The molecule has 15 heavy (non-hydrogen) atoms. The molecule has 0 amide bonds. The molecule has 0 aliphatic rings. The first-order valence-corrected chi connectivity index (χ1v) is 4.98. The summed E-state index contributed by atoms with van der Waals surface area (Å²) < 4.78 is 16.1. The van der Waals surface area contributed by atoms with Crippen molar-refractivity contribution < 1.29 is 2.74 Å². The summed E-state index contributed by atoms with van der Waals surface area (Å²) in [7, 11) is 0. The lowest BCUT2D eigenvalue weighted by Crippen LogP contribution is -1.74. The lowest BCUT2D eigenvalue weighted by molar-refractivity contribution is 1.46. The Morgan fingerprint density at radius 3 is 2.27 bits per heavy atom. The summed E-state index contributed by atoms with van der Waals surface area (Å²) in [5.41, 5.74) is 2.67. The molecule has 0 bridgehead atoms. The topological polar surface area (TPSA) is 0 Å². The summed E-state index contributed by atoms with van der Waals surface area (Å²) in [6, 6.07) is 17.6. The van der Waals surface area contributed by atoms with Crippen LogP contribution in [0, 0.1) is 6.92 Å². The third-order valence-corrected chi connectivity index (χ3v) is 2.14. The van der Waals surface area contributed by atoms with E-state index in [1.165, 1.54) is 0 Å². The van der Waals surface area contributed by atoms with E-state index in [0.29, 0.717) is 0 Å². The van der Waals surface area contributed by atoms with Crippen LogP contribution in [-0.2, 0) is 0 Å². The van der Waals surface area contributed by atoms with E-state index in [1.807, 2.05) is 61.5 Å². The molecule has 0 spiro atoms. The molecule has 2 rings (SSSR count). The number of aryl methyl sites for hydroxylation is 1. The maximum absolute atomic E-state index is 8.05. The zero-order valence-electron chi connectivity index (χ0n) is 10.7. The quantitative estimate of drug-likeness (QED) is 0.632. The first-order chi connectivity index (χ1) is 8.18. The Labute approximate surface area is 93.7 Å². The van der Waals surface area contributed by atoms with Crippen molar-refractivity contribution >= 4 is 12.1 Å². The Morgan fingerprint density at radius 2 is 1.53 bits per heavy atom. The maximum atomic E-state index is 8.05. The Kier molecular flexibility index (Phi) is 2.29. The second-order valence-electron chi connectivity index (χ2n) is 3.49. The fourth-order valence-electron chi connectivity index (χ4n) is 1.39. The summed E-state index contributed by atoms with van der Waals surface area (Å²) in [5.74, 6) is 0. The van der Waals surface area contributed by atoms with Gasteiger partial charge in [0, 0.05) is 0 Å². The van der Waals surface area contributed by atoms with Gasteiger partial charge in [-0.05, 0) is 18.1 Å². The fraction of sp³-hybridized carbons (Fsp3) is 0.0667. The third kappa shape index (κ3) is 2.81. The molecule has 0 radical (unpaired) electrons. The van der Waals surface area contributed by atoms with Gasteiger partial charge in [-0.2, -0.15) is 0 Å². The van der Waals surface area contributed by atoms with Crippen molar-refractivity contribution in [3.63, 3.8) is 0 Å². The highest BCUT2D eigenvalue weighted by atomic mass is 13.9. The van der Waals surface area contributed by atoms with E-state index >= 15 is 0 Å². The van der Waals surface area contributed by atoms with Crippen LogP contribution in [0.1, 0.15) is 19.4 Å². The third-order valence-electron chi connectivity index (χ3n) is 2.14. The van der Waals surface area contributed by atoms with Crippen molar-refractivity contribution in [3.8, 4) is 0 Å². The first kappa shape index (κ1) is 7.47. The van der Waals surface area contributed by atoms with Gasteiger partial charge in [0.2, 0.25) is 0 Å². The molecule has 0 unspecified atom stereocenters. The van der Waals surface area contributed by atoms with Gasteiger partial charge >= 0.3 is 0 Å². The van der Waals surface area contributed by atoms with Crippen LogP contribution in [0.25, 0.3) is 12.1 Å².